The highest BCUT2D eigenvalue weighted by Gasteiger charge is 2.14. The molecule has 0 spiro atoms. The van der Waals surface area contributed by atoms with Gasteiger partial charge in [-0.15, -0.1) is 0 Å². The lowest BCUT2D eigenvalue weighted by Gasteiger charge is -2.17. The first-order valence-corrected chi connectivity index (χ1v) is 6.59. The van der Waals surface area contributed by atoms with Crippen LogP contribution in [0.2, 0.25) is 0 Å². The molecule has 1 amide bonds. The topological polar surface area (TPSA) is 20.3 Å². The summed E-state index contributed by atoms with van der Waals surface area (Å²) in [7, 11) is 1.83. The normalized spacial score (nSPS) is 10.2. The number of carbonyl (C=O) groups is 1. The number of amides is 1. The second-order valence-corrected chi connectivity index (χ2v) is 4.64. The fourth-order valence-electron chi connectivity index (χ4n) is 2.05. The van der Waals surface area contributed by atoms with Crippen LogP contribution in [0.1, 0.15) is 28.4 Å². The lowest BCUT2D eigenvalue weighted by molar-refractivity contribution is 0.0801. The van der Waals surface area contributed by atoms with Crippen LogP contribution in [0.4, 0.5) is 0 Å². The summed E-state index contributed by atoms with van der Waals surface area (Å²) in [5, 5.41) is 0. The molecule has 0 aliphatic rings. The van der Waals surface area contributed by atoms with Crippen LogP contribution in [0.5, 0.6) is 0 Å². The molecule has 0 bridgehead atoms. The van der Waals surface area contributed by atoms with Crippen molar-refractivity contribution in [2.75, 3.05) is 13.6 Å². The van der Waals surface area contributed by atoms with Crippen molar-refractivity contribution in [3.05, 3.63) is 71.3 Å². The van der Waals surface area contributed by atoms with Gasteiger partial charge in [-0.05, 0) is 30.5 Å². The quantitative estimate of drug-likeness (QED) is 0.818. The summed E-state index contributed by atoms with van der Waals surface area (Å²) in [6.07, 6.45) is 0.792. The molecular formula is C17H19NO. The van der Waals surface area contributed by atoms with Gasteiger partial charge in [-0.2, -0.15) is 0 Å². The average Bonchev–Trinajstić information content (AvgIpc) is 2.47. The van der Waals surface area contributed by atoms with Crippen LogP contribution in [0.15, 0.2) is 54.6 Å². The van der Waals surface area contributed by atoms with E-state index in [1.54, 1.807) is 4.90 Å². The third kappa shape index (κ3) is 3.22. The highest BCUT2D eigenvalue weighted by molar-refractivity contribution is 5.95. The SMILES string of the molecule is CCN(C)C(=O)c1ccccc1Cc1ccccc1. The molecule has 19 heavy (non-hydrogen) atoms. The molecule has 0 fully saturated rings. The fraction of sp³-hybridized carbons (Fsp3) is 0.235. The van der Waals surface area contributed by atoms with Gasteiger partial charge >= 0.3 is 0 Å². The number of rotatable bonds is 4. The van der Waals surface area contributed by atoms with E-state index in [2.05, 4.69) is 12.1 Å². The van der Waals surface area contributed by atoms with E-state index in [9.17, 15) is 4.79 Å². The minimum Gasteiger partial charge on any atom is -0.342 e. The van der Waals surface area contributed by atoms with Gasteiger partial charge < -0.3 is 4.90 Å². The molecular weight excluding hydrogens is 234 g/mol. The maximum absolute atomic E-state index is 12.3. The zero-order valence-corrected chi connectivity index (χ0v) is 11.5. The summed E-state index contributed by atoms with van der Waals surface area (Å²) in [5.74, 6) is 0.0917. The number of hydrogen-bond donors (Lipinski definition) is 0. The molecule has 98 valence electrons. The van der Waals surface area contributed by atoms with Crippen LogP contribution in [0.3, 0.4) is 0 Å². The monoisotopic (exact) mass is 253 g/mol. The molecule has 0 aliphatic heterocycles. The predicted molar refractivity (Wildman–Crippen MR) is 78.3 cm³/mol. The van der Waals surface area contributed by atoms with Crippen LogP contribution in [0.25, 0.3) is 0 Å². The first kappa shape index (κ1) is 13.3. The molecule has 2 aromatic carbocycles. The van der Waals surface area contributed by atoms with Crippen LogP contribution < -0.4 is 0 Å². The third-order valence-corrected chi connectivity index (χ3v) is 3.31. The van der Waals surface area contributed by atoms with Crippen molar-refractivity contribution >= 4 is 5.91 Å². The van der Waals surface area contributed by atoms with Crippen molar-refractivity contribution in [2.24, 2.45) is 0 Å². The highest BCUT2D eigenvalue weighted by atomic mass is 16.2. The van der Waals surface area contributed by atoms with E-state index in [-0.39, 0.29) is 5.91 Å². The lowest BCUT2D eigenvalue weighted by Crippen LogP contribution is -2.27. The first-order chi connectivity index (χ1) is 9.22. The van der Waals surface area contributed by atoms with E-state index in [1.165, 1.54) is 5.56 Å². The summed E-state index contributed by atoms with van der Waals surface area (Å²) < 4.78 is 0. The fourth-order valence-corrected chi connectivity index (χ4v) is 2.05. The van der Waals surface area contributed by atoms with E-state index in [0.717, 1.165) is 24.1 Å². The van der Waals surface area contributed by atoms with E-state index < -0.39 is 0 Å². The molecule has 0 radical (unpaired) electrons. The Bertz CT molecular complexity index is 548. The van der Waals surface area contributed by atoms with Crippen LogP contribution >= 0.6 is 0 Å². The van der Waals surface area contributed by atoms with Crippen molar-refractivity contribution in [1.82, 2.24) is 4.90 Å². The average molecular weight is 253 g/mol. The molecule has 2 nitrogen and oxygen atoms in total. The Balaban J connectivity index is 2.29. The standard InChI is InChI=1S/C17H19NO/c1-3-18(2)17(19)16-12-8-7-11-15(16)13-14-9-5-4-6-10-14/h4-12H,3,13H2,1-2H3. The van der Waals surface area contributed by atoms with Crippen molar-refractivity contribution < 1.29 is 4.79 Å². The second-order valence-electron chi connectivity index (χ2n) is 4.64. The van der Waals surface area contributed by atoms with E-state index >= 15 is 0 Å². The Labute approximate surface area is 114 Å². The molecule has 0 saturated carbocycles. The first-order valence-electron chi connectivity index (χ1n) is 6.59. The maximum atomic E-state index is 12.3. The maximum Gasteiger partial charge on any atom is 0.253 e. The molecule has 0 atom stereocenters. The Kier molecular flexibility index (Phi) is 4.35. The summed E-state index contributed by atoms with van der Waals surface area (Å²) >= 11 is 0. The van der Waals surface area contributed by atoms with Gasteiger partial charge in [0, 0.05) is 19.2 Å². The molecule has 0 heterocycles. The van der Waals surface area contributed by atoms with Gasteiger partial charge in [0.1, 0.15) is 0 Å². The van der Waals surface area contributed by atoms with Crippen LogP contribution in [0, 0.1) is 0 Å². The van der Waals surface area contributed by atoms with Gasteiger partial charge in [0.15, 0.2) is 0 Å². The molecule has 0 N–H and O–H groups in total. The van der Waals surface area contributed by atoms with Gasteiger partial charge in [-0.1, -0.05) is 48.5 Å². The number of nitrogens with zero attached hydrogens (tertiary/aromatic N) is 1. The van der Waals surface area contributed by atoms with E-state index in [4.69, 9.17) is 0 Å². The Hall–Kier alpha value is -2.09. The Morgan fingerprint density at radius 1 is 1.00 bits per heavy atom. The minimum atomic E-state index is 0.0917. The molecule has 0 aliphatic carbocycles. The van der Waals surface area contributed by atoms with Gasteiger partial charge in [-0.3, -0.25) is 4.79 Å². The van der Waals surface area contributed by atoms with Crippen molar-refractivity contribution in [2.45, 2.75) is 13.3 Å². The zero-order chi connectivity index (χ0) is 13.7. The molecule has 0 aromatic heterocycles. The van der Waals surface area contributed by atoms with Crippen molar-refractivity contribution in [3.8, 4) is 0 Å². The Morgan fingerprint density at radius 2 is 1.63 bits per heavy atom. The molecule has 2 heteroatoms. The number of benzene rings is 2. The second kappa shape index (κ2) is 6.19. The summed E-state index contributed by atoms with van der Waals surface area (Å²) in [4.78, 5) is 14.1. The number of carbonyl (C=O) groups excluding carboxylic acids is 1. The van der Waals surface area contributed by atoms with E-state index in [0.29, 0.717) is 0 Å². The van der Waals surface area contributed by atoms with Gasteiger partial charge in [0.25, 0.3) is 5.91 Å². The van der Waals surface area contributed by atoms with Gasteiger partial charge in [-0.25, -0.2) is 0 Å². The smallest absolute Gasteiger partial charge is 0.253 e. The molecule has 0 unspecified atom stereocenters. The summed E-state index contributed by atoms with van der Waals surface area (Å²) in [5.41, 5.74) is 3.11. The third-order valence-electron chi connectivity index (χ3n) is 3.31. The van der Waals surface area contributed by atoms with Crippen molar-refractivity contribution in [3.63, 3.8) is 0 Å². The zero-order valence-electron chi connectivity index (χ0n) is 11.5. The molecule has 2 rings (SSSR count). The van der Waals surface area contributed by atoms with Crippen molar-refractivity contribution in [1.29, 1.82) is 0 Å². The Morgan fingerprint density at radius 3 is 2.32 bits per heavy atom. The van der Waals surface area contributed by atoms with Crippen LogP contribution in [-0.4, -0.2) is 24.4 Å². The lowest BCUT2D eigenvalue weighted by atomic mass is 9.99. The summed E-state index contributed by atoms with van der Waals surface area (Å²) in [6, 6.07) is 18.1. The van der Waals surface area contributed by atoms with E-state index in [1.807, 2.05) is 56.4 Å². The predicted octanol–water partition coefficient (Wildman–Crippen LogP) is 3.37. The van der Waals surface area contributed by atoms with Crippen LogP contribution in [-0.2, 0) is 6.42 Å². The number of hydrogen-bond acceptors (Lipinski definition) is 1. The van der Waals surface area contributed by atoms with Gasteiger partial charge in [0.05, 0.1) is 0 Å². The molecule has 0 saturated heterocycles. The van der Waals surface area contributed by atoms with Gasteiger partial charge in [0.2, 0.25) is 0 Å². The largest absolute Gasteiger partial charge is 0.342 e. The minimum absolute atomic E-state index is 0.0917. The molecule has 2 aromatic rings. The summed E-state index contributed by atoms with van der Waals surface area (Å²) in [6.45, 7) is 2.70. The highest BCUT2D eigenvalue weighted by Crippen LogP contribution is 2.16.